The summed E-state index contributed by atoms with van der Waals surface area (Å²) in [5, 5.41) is 2.25. The van der Waals surface area contributed by atoms with Crippen molar-refractivity contribution in [2.24, 2.45) is 17.6 Å². The van der Waals surface area contributed by atoms with Crippen LogP contribution in [0.1, 0.15) is 51.5 Å². The zero-order valence-corrected chi connectivity index (χ0v) is 16.0. The van der Waals surface area contributed by atoms with Gasteiger partial charge in [-0.25, -0.2) is 0 Å². The molecule has 0 spiro atoms. The fourth-order valence-electron chi connectivity index (χ4n) is 3.89. The summed E-state index contributed by atoms with van der Waals surface area (Å²) in [6.07, 6.45) is 6.58. The highest BCUT2D eigenvalue weighted by atomic mass is 79.9. The van der Waals surface area contributed by atoms with E-state index in [0.717, 1.165) is 24.9 Å². The summed E-state index contributed by atoms with van der Waals surface area (Å²) in [5.74, 6) is 1.64. The van der Waals surface area contributed by atoms with Crippen LogP contribution in [-0.2, 0) is 6.54 Å². The third-order valence-corrected chi connectivity index (χ3v) is 6.51. The van der Waals surface area contributed by atoms with Gasteiger partial charge in [-0.15, -0.1) is 11.3 Å². The number of rotatable bonds is 6. The van der Waals surface area contributed by atoms with Crippen LogP contribution < -0.4 is 5.73 Å². The predicted octanol–water partition coefficient (Wildman–Crippen LogP) is 4.88. The maximum atomic E-state index is 6.24. The van der Waals surface area contributed by atoms with Crippen molar-refractivity contribution >= 4 is 27.3 Å². The second kappa shape index (κ2) is 7.58. The van der Waals surface area contributed by atoms with Gasteiger partial charge in [-0.05, 0) is 71.1 Å². The standard InChI is InChI=1S/C17H29BrN2S/c1-13(2)7-14-5-4-6-17(9-14,12-19)20(3)10-15-8-16(18)21-11-15/h8,11,13-14H,4-7,9-10,12,19H2,1-3H3. The van der Waals surface area contributed by atoms with E-state index in [1.807, 2.05) is 0 Å². The third-order valence-electron chi connectivity index (χ3n) is 4.96. The van der Waals surface area contributed by atoms with Crippen LogP contribution in [0, 0.1) is 11.8 Å². The third kappa shape index (κ3) is 4.54. The van der Waals surface area contributed by atoms with Crippen LogP contribution in [0.3, 0.4) is 0 Å². The predicted molar refractivity (Wildman–Crippen MR) is 96.7 cm³/mol. The van der Waals surface area contributed by atoms with Crippen molar-refractivity contribution in [2.45, 2.75) is 58.0 Å². The fraction of sp³-hybridized carbons (Fsp3) is 0.765. The van der Waals surface area contributed by atoms with E-state index in [9.17, 15) is 0 Å². The molecule has 0 aliphatic heterocycles. The van der Waals surface area contributed by atoms with E-state index in [0.29, 0.717) is 0 Å². The topological polar surface area (TPSA) is 29.3 Å². The Hall–Kier alpha value is 0.100. The number of thiophene rings is 1. The van der Waals surface area contributed by atoms with Crippen LogP contribution in [-0.4, -0.2) is 24.0 Å². The Balaban J connectivity index is 2.04. The van der Waals surface area contributed by atoms with E-state index in [1.54, 1.807) is 11.3 Å². The number of hydrogen-bond donors (Lipinski definition) is 1. The molecule has 0 radical (unpaired) electrons. The van der Waals surface area contributed by atoms with Crippen LogP contribution in [0.2, 0.25) is 0 Å². The molecule has 2 atom stereocenters. The summed E-state index contributed by atoms with van der Waals surface area (Å²) in [4.78, 5) is 2.52. The lowest BCUT2D eigenvalue weighted by atomic mass is 9.72. The highest BCUT2D eigenvalue weighted by Gasteiger charge is 2.38. The Labute approximate surface area is 142 Å². The van der Waals surface area contributed by atoms with Gasteiger partial charge >= 0.3 is 0 Å². The molecule has 0 bridgehead atoms. The molecule has 120 valence electrons. The smallest absolute Gasteiger partial charge is 0.0701 e. The second-order valence-corrected chi connectivity index (χ2v) is 9.43. The van der Waals surface area contributed by atoms with Crippen LogP contribution >= 0.6 is 27.3 Å². The molecule has 21 heavy (non-hydrogen) atoms. The Morgan fingerprint density at radius 2 is 2.29 bits per heavy atom. The minimum Gasteiger partial charge on any atom is -0.329 e. The summed E-state index contributed by atoms with van der Waals surface area (Å²) in [7, 11) is 2.26. The van der Waals surface area contributed by atoms with Gasteiger partial charge in [0.05, 0.1) is 3.79 Å². The molecule has 1 aliphatic rings. The van der Waals surface area contributed by atoms with Gasteiger partial charge in [-0.1, -0.05) is 26.7 Å². The normalized spacial score (nSPS) is 26.7. The molecule has 2 nitrogen and oxygen atoms in total. The van der Waals surface area contributed by atoms with E-state index in [-0.39, 0.29) is 5.54 Å². The van der Waals surface area contributed by atoms with Crippen molar-refractivity contribution in [2.75, 3.05) is 13.6 Å². The number of halogens is 1. The Morgan fingerprint density at radius 1 is 1.52 bits per heavy atom. The SMILES string of the molecule is CC(C)CC1CCCC(CN)(N(C)Cc2csc(Br)c2)C1. The average Bonchev–Trinajstić information content (AvgIpc) is 2.83. The van der Waals surface area contributed by atoms with Gasteiger partial charge in [-0.2, -0.15) is 0 Å². The summed E-state index contributed by atoms with van der Waals surface area (Å²) >= 11 is 5.33. The zero-order valence-electron chi connectivity index (χ0n) is 13.6. The van der Waals surface area contributed by atoms with Crippen LogP contribution in [0.4, 0.5) is 0 Å². The minimum absolute atomic E-state index is 0.201. The molecular weight excluding hydrogens is 344 g/mol. The molecule has 1 saturated carbocycles. The molecule has 0 amide bonds. The lowest BCUT2D eigenvalue weighted by molar-refractivity contribution is 0.0463. The van der Waals surface area contributed by atoms with Crippen molar-refractivity contribution in [3.63, 3.8) is 0 Å². The highest BCUT2D eigenvalue weighted by molar-refractivity contribution is 9.11. The summed E-state index contributed by atoms with van der Waals surface area (Å²) < 4.78 is 1.22. The first kappa shape index (κ1) is 17.5. The van der Waals surface area contributed by atoms with Crippen molar-refractivity contribution in [3.05, 3.63) is 20.8 Å². The maximum absolute atomic E-state index is 6.24. The number of likely N-dealkylation sites (N-methyl/N-ethyl adjacent to an activating group) is 1. The lowest BCUT2D eigenvalue weighted by Gasteiger charge is -2.47. The first-order chi connectivity index (χ1) is 9.95. The molecule has 1 aromatic heterocycles. The van der Waals surface area contributed by atoms with E-state index < -0.39 is 0 Å². The maximum Gasteiger partial charge on any atom is 0.0701 e. The fourth-order valence-corrected chi connectivity index (χ4v) is 5.09. The van der Waals surface area contributed by atoms with E-state index in [1.165, 1.54) is 41.5 Å². The van der Waals surface area contributed by atoms with Crippen molar-refractivity contribution < 1.29 is 0 Å². The van der Waals surface area contributed by atoms with Crippen LogP contribution in [0.5, 0.6) is 0 Å². The monoisotopic (exact) mass is 372 g/mol. The Morgan fingerprint density at radius 3 is 2.86 bits per heavy atom. The van der Waals surface area contributed by atoms with Gasteiger partial charge in [-0.3, -0.25) is 4.90 Å². The molecule has 2 unspecified atom stereocenters. The van der Waals surface area contributed by atoms with Crippen molar-refractivity contribution in [3.8, 4) is 0 Å². The van der Waals surface area contributed by atoms with Crippen LogP contribution in [0.25, 0.3) is 0 Å². The first-order valence-corrected chi connectivity index (χ1v) is 9.76. The van der Waals surface area contributed by atoms with E-state index >= 15 is 0 Å². The molecule has 1 heterocycles. The Bertz CT molecular complexity index is 446. The van der Waals surface area contributed by atoms with Gasteiger partial charge in [0.25, 0.3) is 0 Å². The summed E-state index contributed by atoms with van der Waals surface area (Å²) in [6.45, 7) is 6.47. The highest BCUT2D eigenvalue weighted by Crippen LogP contribution is 2.39. The molecule has 1 fully saturated rings. The van der Waals surface area contributed by atoms with Crippen LogP contribution in [0.15, 0.2) is 15.2 Å². The summed E-state index contributed by atoms with van der Waals surface area (Å²) in [6, 6.07) is 2.24. The molecule has 2 rings (SSSR count). The molecule has 0 aromatic carbocycles. The van der Waals surface area contributed by atoms with Gasteiger partial charge in [0.15, 0.2) is 0 Å². The van der Waals surface area contributed by atoms with E-state index in [2.05, 4.69) is 53.2 Å². The number of nitrogens with zero attached hydrogens (tertiary/aromatic N) is 1. The lowest BCUT2D eigenvalue weighted by Crippen LogP contribution is -2.54. The zero-order chi connectivity index (χ0) is 15.5. The quantitative estimate of drug-likeness (QED) is 0.770. The molecule has 1 aliphatic carbocycles. The largest absolute Gasteiger partial charge is 0.329 e. The van der Waals surface area contributed by atoms with Gasteiger partial charge in [0.2, 0.25) is 0 Å². The average molecular weight is 373 g/mol. The minimum atomic E-state index is 0.201. The molecule has 1 aromatic rings. The molecule has 4 heteroatoms. The molecule has 2 N–H and O–H groups in total. The first-order valence-electron chi connectivity index (χ1n) is 8.09. The van der Waals surface area contributed by atoms with Gasteiger partial charge < -0.3 is 5.73 Å². The van der Waals surface area contributed by atoms with E-state index in [4.69, 9.17) is 5.73 Å². The van der Waals surface area contributed by atoms with Gasteiger partial charge in [0, 0.05) is 18.6 Å². The van der Waals surface area contributed by atoms with Gasteiger partial charge in [0.1, 0.15) is 0 Å². The molecule has 0 saturated heterocycles. The number of hydrogen-bond acceptors (Lipinski definition) is 3. The molecular formula is C17H29BrN2S. The van der Waals surface area contributed by atoms with Crippen molar-refractivity contribution in [1.82, 2.24) is 4.90 Å². The Kier molecular flexibility index (Phi) is 6.30. The summed E-state index contributed by atoms with van der Waals surface area (Å²) in [5.41, 5.74) is 7.84. The second-order valence-electron chi connectivity index (χ2n) is 7.14. The number of nitrogens with two attached hydrogens (primary N) is 1. The van der Waals surface area contributed by atoms with Crippen molar-refractivity contribution in [1.29, 1.82) is 0 Å².